The zero-order valence-corrected chi connectivity index (χ0v) is 9.93. The van der Waals surface area contributed by atoms with Crippen LogP contribution in [0.1, 0.15) is 27.2 Å². The van der Waals surface area contributed by atoms with E-state index in [2.05, 4.69) is 5.43 Å². The lowest BCUT2D eigenvalue weighted by Crippen LogP contribution is -2.53. The van der Waals surface area contributed by atoms with Crippen molar-refractivity contribution >= 4 is 11.9 Å². The van der Waals surface area contributed by atoms with E-state index in [-0.39, 0.29) is 25.0 Å². The molecule has 0 saturated heterocycles. The van der Waals surface area contributed by atoms with Gasteiger partial charge >= 0.3 is 5.97 Å². The second kappa shape index (κ2) is 7.19. The molecule has 0 aliphatic heterocycles. The third kappa shape index (κ3) is 5.09. The molecular weight excluding hydrogens is 212 g/mol. The maximum absolute atomic E-state index is 11.3. The van der Waals surface area contributed by atoms with Crippen LogP contribution in [-0.2, 0) is 9.59 Å². The van der Waals surface area contributed by atoms with Crippen molar-refractivity contribution in [1.29, 1.82) is 0 Å². The molecule has 0 aromatic carbocycles. The van der Waals surface area contributed by atoms with Gasteiger partial charge in [0.1, 0.15) is 6.04 Å². The molecule has 0 aromatic rings. The monoisotopic (exact) mass is 232 g/mol. The van der Waals surface area contributed by atoms with Crippen LogP contribution >= 0.6 is 0 Å². The molecule has 0 aliphatic carbocycles. The fraction of sp³-hybridized carbons (Fsp3) is 0.800. The third-order valence-corrected chi connectivity index (χ3v) is 2.02. The zero-order chi connectivity index (χ0) is 12.7. The van der Waals surface area contributed by atoms with Crippen molar-refractivity contribution in [2.75, 3.05) is 13.2 Å². The van der Waals surface area contributed by atoms with Crippen LogP contribution in [0.5, 0.6) is 0 Å². The highest BCUT2D eigenvalue weighted by atomic mass is 16.4. The molecule has 0 fully saturated rings. The first kappa shape index (κ1) is 14.9. The van der Waals surface area contributed by atoms with Gasteiger partial charge in [-0.25, -0.2) is 10.2 Å². The van der Waals surface area contributed by atoms with Crippen molar-refractivity contribution in [3.63, 3.8) is 0 Å². The van der Waals surface area contributed by atoms with Gasteiger partial charge in [0.05, 0.1) is 6.61 Å². The quantitative estimate of drug-likeness (QED) is 0.530. The number of carbonyl (C=O) groups excluding carboxylic acids is 1. The summed E-state index contributed by atoms with van der Waals surface area (Å²) in [6, 6.07) is -0.899. The number of hydrazine groups is 1. The summed E-state index contributed by atoms with van der Waals surface area (Å²) in [5.41, 5.74) is 2.61. The third-order valence-electron chi connectivity index (χ3n) is 2.02. The number of hydrogen-bond acceptors (Lipinski definition) is 4. The normalized spacial score (nSPS) is 12.6. The lowest BCUT2D eigenvalue weighted by Gasteiger charge is -2.29. The number of hydrogen-bond donors (Lipinski definition) is 3. The minimum atomic E-state index is -1.05. The van der Waals surface area contributed by atoms with E-state index in [0.29, 0.717) is 6.42 Å². The van der Waals surface area contributed by atoms with Crippen molar-refractivity contribution in [2.45, 2.75) is 33.2 Å². The molecule has 3 N–H and O–H groups in total. The van der Waals surface area contributed by atoms with Crippen LogP contribution in [-0.4, -0.2) is 46.3 Å². The lowest BCUT2D eigenvalue weighted by atomic mass is 10.0. The van der Waals surface area contributed by atoms with E-state index >= 15 is 0 Å². The Morgan fingerprint density at radius 2 is 1.94 bits per heavy atom. The number of carboxylic acids is 1. The number of aliphatic hydroxyl groups is 1. The molecule has 6 nitrogen and oxygen atoms in total. The van der Waals surface area contributed by atoms with Gasteiger partial charge in [0.25, 0.3) is 0 Å². The van der Waals surface area contributed by atoms with E-state index in [1.807, 2.05) is 13.8 Å². The van der Waals surface area contributed by atoms with Gasteiger partial charge in [-0.15, -0.1) is 0 Å². The zero-order valence-electron chi connectivity index (χ0n) is 9.93. The summed E-state index contributed by atoms with van der Waals surface area (Å²) in [6.07, 6.45) is 0.368. The number of aliphatic hydroxyl groups excluding tert-OH is 1. The summed E-state index contributed by atoms with van der Waals surface area (Å²) in [5.74, 6) is -1.25. The predicted octanol–water partition coefficient (Wildman–Crippen LogP) is -0.169. The molecule has 1 amide bonds. The molecule has 0 bridgehead atoms. The van der Waals surface area contributed by atoms with E-state index in [0.717, 1.165) is 5.01 Å². The van der Waals surface area contributed by atoms with Crippen molar-refractivity contribution < 1.29 is 19.8 Å². The van der Waals surface area contributed by atoms with Crippen molar-refractivity contribution in [3.8, 4) is 0 Å². The van der Waals surface area contributed by atoms with Crippen LogP contribution in [0, 0.1) is 5.92 Å². The Labute approximate surface area is 95.2 Å². The van der Waals surface area contributed by atoms with Gasteiger partial charge in [0.2, 0.25) is 5.91 Å². The number of nitrogens with zero attached hydrogens (tertiary/aromatic N) is 1. The van der Waals surface area contributed by atoms with Crippen LogP contribution < -0.4 is 5.43 Å². The number of rotatable bonds is 7. The van der Waals surface area contributed by atoms with Crippen LogP contribution in [0.25, 0.3) is 0 Å². The first-order valence-corrected chi connectivity index (χ1v) is 5.27. The maximum Gasteiger partial charge on any atom is 0.328 e. The van der Waals surface area contributed by atoms with Gasteiger partial charge in [0, 0.05) is 13.5 Å². The molecule has 0 unspecified atom stereocenters. The summed E-state index contributed by atoms with van der Waals surface area (Å²) in [4.78, 5) is 22.3. The lowest BCUT2D eigenvalue weighted by molar-refractivity contribution is -0.153. The van der Waals surface area contributed by atoms with Gasteiger partial charge in [0.15, 0.2) is 0 Å². The van der Waals surface area contributed by atoms with Crippen LogP contribution in [0.15, 0.2) is 0 Å². The standard InChI is InChI=1S/C10H20N2O4/c1-7(2)6-9(10(15)16)12(8(3)14)11-4-5-13/h7,9,11,13H,4-6H2,1-3H3,(H,15,16)/t9-/m0/s1. The Kier molecular flexibility index (Phi) is 6.67. The average molecular weight is 232 g/mol. The van der Waals surface area contributed by atoms with Crippen LogP contribution in [0.3, 0.4) is 0 Å². The van der Waals surface area contributed by atoms with Crippen molar-refractivity contribution in [3.05, 3.63) is 0 Å². The van der Waals surface area contributed by atoms with E-state index in [9.17, 15) is 9.59 Å². The maximum atomic E-state index is 11.3. The van der Waals surface area contributed by atoms with Gasteiger partial charge in [-0.1, -0.05) is 13.8 Å². The number of amides is 1. The number of carboxylic acid groups (broad SMARTS) is 1. The fourth-order valence-electron chi connectivity index (χ4n) is 1.37. The molecule has 0 saturated carbocycles. The van der Waals surface area contributed by atoms with Crippen LogP contribution in [0.4, 0.5) is 0 Å². The molecule has 6 heteroatoms. The predicted molar refractivity (Wildman–Crippen MR) is 58.5 cm³/mol. The SMILES string of the molecule is CC(=O)N(NCCO)[C@@H](CC(C)C)C(=O)O. The second-order valence-corrected chi connectivity index (χ2v) is 4.00. The van der Waals surface area contributed by atoms with Gasteiger partial charge in [-0.2, -0.15) is 0 Å². The Balaban J connectivity index is 4.65. The summed E-state index contributed by atoms with van der Waals surface area (Å²) >= 11 is 0. The molecule has 0 spiro atoms. The summed E-state index contributed by atoms with van der Waals surface area (Å²) in [7, 11) is 0. The molecule has 0 rings (SSSR count). The van der Waals surface area contributed by atoms with Gasteiger partial charge in [-0.3, -0.25) is 9.80 Å². The minimum absolute atomic E-state index is 0.154. The Hall–Kier alpha value is -1.14. The largest absolute Gasteiger partial charge is 0.480 e. The highest BCUT2D eigenvalue weighted by Gasteiger charge is 2.28. The first-order valence-electron chi connectivity index (χ1n) is 5.27. The smallest absolute Gasteiger partial charge is 0.328 e. The first-order chi connectivity index (χ1) is 7.40. The Morgan fingerprint density at radius 3 is 2.25 bits per heavy atom. The number of nitrogens with one attached hydrogen (secondary N) is 1. The second-order valence-electron chi connectivity index (χ2n) is 4.00. The molecule has 0 aliphatic rings. The van der Waals surface area contributed by atoms with Crippen molar-refractivity contribution in [1.82, 2.24) is 10.4 Å². The van der Waals surface area contributed by atoms with E-state index < -0.39 is 12.0 Å². The Bertz CT molecular complexity index is 243. The van der Waals surface area contributed by atoms with E-state index in [1.165, 1.54) is 6.92 Å². The summed E-state index contributed by atoms with van der Waals surface area (Å²) in [5, 5.41) is 18.8. The number of carbonyl (C=O) groups is 2. The molecule has 1 atom stereocenters. The molecule has 0 heterocycles. The van der Waals surface area contributed by atoms with E-state index in [4.69, 9.17) is 10.2 Å². The Morgan fingerprint density at radius 1 is 1.38 bits per heavy atom. The van der Waals surface area contributed by atoms with Crippen LogP contribution in [0.2, 0.25) is 0 Å². The number of aliphatic carboxylic acids is 1. The topological polar surface area (TPSA) is 89.9 Å². The molecular formula is C10H20N2O4. The summed E-state index contributed by atoms with van der Waals surface area (Å²) in [6.45, 7) is 5.07. The molecule has 0 radical (unpaired) electrons. The van der Waals surface area contributed by atoms with Gasteiger partial charge < -0.3 is 10.2 Å². The molecule has 16 heavy (non-hydrogen) atoms. The highest BCUT2D eigenvalue weighted by molar-refractivity contribution is 5.81. The molecule has 94 valence electrons. The van der Waals surface area contributed by atoms with E-state index in [1.54, 1.807) is 0 Å². The average Bonchev–Trinajstić information content (AvgIpc) is 2.15. The van der Waals surface area contributed by atoms with Crippen molar-refractivity contribution in [2.24, 2.45) is 5.92 Å². The van der Waals surface area contributed by atoms with Gasteiger partial charge in [-0.05, 0) is 12.3 Å². The summed E-state index contributed by atoms with van der Waals surface area (Å²) < 4.78 is 0. The molecule has 0 aromatic heterocycles. The fourth-order valence-corrected chi connectivity index (χ4v) is 1.37. The highest BCUT2D eigenvalue weighted by Crippen LogP contribution is 2.10. The minimum Gasteiger partial charge on any atom is -0.480 e.